The molecule has 0 unspecified atom stereocenters. The van der Waals surface area contributed by atoms with Gasteiger partial charge in [-0.05, 0) is 62.8 Å². The highest BCUT2D eigenvalue weighted by Crippen LogP contribution is 2.34. The summed E-state index contributed by atoms with van der Waals surface area (Å²) in [6.45, 7) is 13.3. The number of nitriles is 1. The van der Waals surface area contributed by atoms with Gasteiger partial charge in [0.15, 0.2) is 5.76 Å². The number of hydrogen-bond donors (Lipinski definition) is 1. The van der Waals surface area contributed by atoms with Gasteiger partial charge in [0, 0.05) is 23.0 Å². The van der Waals surface area contributed by atoms with Crippen LogP contribution in [0.1, 0.15) is 57.2 Å². The van der Waals surface area contributed by atoms with Crippen LogP contribution in [0, 0.1) is 11.3 Å². The predicted octanol–water partition coefficient (Wildman–Crippen LogP) is 6.05. The van der Waals surface area contributed by atoms with E-state index in [2.05, 4.69) is 43.1 Å². The van der Waals surface area contributed by atoms with E-state index < -0.39 is 0 Å². The van der Waals surface area contributed by atoms with Gasteiger partial charge in [0.1, 0.15) is 11.4 Å². The van der Waals surface area contributed by atoms with Crippen molar-refractivity contribution in [3.63, 3.8) is 0 Å². The Morgan fingerprint density at radius 2 is 2.03 bits per heavy atom. The standard InChI is InChI=1S/C24H27N3O2/c1-5-17(3)27(18(4)22-9-7-6-8-16(22)2)15-20-12-24(29-26-20)23-13-21(28)11-10-19(23)14-25/h10-13,28H,3-9,15H2,1-2H3. The molecule has 150 valence electrons. The second-order valence-corrected chi connectivity index (χ2v) is 7.44. The van der Waals surface area contributed by atoms with Crippen molar-refractivity contribution in [2.75, 3.05) is 0 Å². The van der Waals surface area contributed by atoms with Gasteiger partial charge in [0.2, 0.25) is 0 Å². The Morgan fingerprint density at radius 1 is 1.28 bits per heavy atom. The number of phenolic OH excluding ortho intramolecular Hbond substituents is 1. The maximum Gasteiger partial charge on any atom is 0.168 e. The fourth-order valence-corrected chi connectivity index (χ4v) is 3.71. The highest BCUT2D eigenvalue weighted by atomic mass is 16.5. The Balaban J connectivity index is 1.89. The third kappa shape index (κ3) is 4.43. The summed E-state index contributed by atoms with van der Waals surface area (Å²) in [5, 5.41) is 23.3. The van der Waals surface area contributed by atoms with Gasteiger partial charge in [-0.3, -0.25) is 0 Å². The van der Waals surface area contributed by atoms with Crippen molar-refractivity contribution in [1.29, 1.82) is 5.26 Å². The fourth-order valence-electron chi connectivity index (χ4n) is 3.71. The van der Waals surface area contributed by atoms with Crippen molar-refractivity contribution < 1.29 is 9.63 Å². The molecule has 0 fully saturated rings. The lowest BCUT2D eigenvalue weighted by atomic mass is 9.90. The van der Waals surface area contributed by atoms with Crippen molar-refractivity contribution in [2.45, 2.75) is 52.5 Å². The van der Waals surface area contributed by atoms with E-state index in [1.165, 1.54) is 36.1 Å². The second kappa shape index (κ2) is 8.83. The molecule has 0 saturated carbocycles. The van der Waals surface area contributed by atoms with E-state index in [1.807, 2.05) is 0 Å². The molecule has 1 aliphatic carbocycles. The number of aromatic nitrogens is 1. The Hall–Kier alpha value is -3.26. The molecule has 1 N–H and O–H groups in total. The maximum atomic E-state index is 9.79. The van der Waals surface area contributed by atoms with Gasteiger partial charge in [0.05, 0.1) is 18.2 Å². The molecule has 0 aliphatic heterocycles. The first kappa shape index (κ1) is 20.5. The average Bonchev–Trinajstić information content (AvgIpc) is 3.20. The van der Waals surface area contributed by atoms with Crippen LogP contribution < -0.4 is 0 Å². The summed E-state index contributed by atoms with van der Waals surface area (Å²) in [6.07, 6.45) is 5.37. The summed E-state index contributed by atoms with van der Waals surface area (Å²) in [5.41, 5.74) is 6.33. The van der Waals surface area contributed by atoms with Crippen molar-refractivity contribution in [3.05, 3.63) is 71.2 Å². The Kier molecular flexibility index (Phi) is 6.23. The first-order chi connectivity index (χ1) is 13.9. The monoisotopic (exact) mass is 389 g/mol. The minimum atomic E-state index is 0.0750. The number of benzene rings is 1. The molecule has 0 spiro atoms. The number of rotatable bonds is 7. The Morgan fingerprint density at radius 3 is 2.72 bits per heavy atom. The SMILES string of the molecule is C=C(CC)N(Cc1cc(-c2cc(O)ccc2C#N)on1)C(=C)C1=C(C)CCCC1. The molecule has 0 saturated heterocycles. The van der Waals surface area contributed by atoms with E-state index in [0.29, 0.717) is 23.4 Å². The molecule has 1 heterocycles. The lowest BCUT2D eigenvalue weighted by Crippen LogP contribution is -2.23. The van der Waals surface area contributed by atoms with Gasteiger partial charge < -0.3 is 14.5 Å². The predicted molar refractivity (Wildman–Crippen MR) is 114 cm³/mol. The van der Waals surface area contributed by atoms with Gasteiger partial charge in [-0.1, -0.05) is 30.8 Å². The molecule has 29 heavy (non-hydrogen) atoms. The third-order valence-corrected chi connectivity index (χ3v) is 5.48. The van der Waals surface area contributed by atoms with E-state index in [9.17, 15) is 10.4 Å². The Bertz CT molecular complexity index is 1010. The molecule has 0 atom stereocenters. The van der Waals surface area contributed by atoms with Crippen LogP contribution >= 0.6 is 0 Å². The van der Waals surface area contributed by atoms with E-state index in [-0.39, 0.29) is 5.75 Å². The summed E-state index contributed by atoms with van der Waals surface area (Å²) in [5.74, 6) is 0.527. The zero-order valence-electron chi connectivity index (χ0n) is 17.2. The summed E-state index contributed by atoms with van der Waals surface area (Å²) in [6, 6.07) is 8.49. The summed E-state index contributed by atoms with van der Waals surface area (Å²) < 4.78 is 5.50. The topological polar surface area (TPSA) is 73.3 Å². The number of phenols is 1. The van der Waals surface area contributed by atoms with Gasteiger partial charge in [-0.25, -0.2) is 0 Å². The Labute approximate surface area is 172 Å². The molecule has 1 aromatic heterocycles. The van der Waals surface area contributed by atoms with E-state index >= 15 is 0 Å². The molecule has 5 nitrogen and oxygen atoms in total. The summed E-state index contributed by atoms with van der Waals surface area (Å²) in [4.78, 5) is 2.11. The van der Waals surface area contributed by atoms with Crippen LogP contribution in [0.3, 0.4) is 0 Å². The zero-order chi connectivity index (χ0) is 21.0. The van der Waals surface area contributed by atoms with Crippen LogP contribution in [-0.4, -0.2) is 15.2 Å². The van der Waals surface area contributed by atoms with E-state index in [4.69, 9.17) is 4.52 Å². The number of nitrogens with zero attached hydrogens (tertiary/aromatic N) is 3. The van der Waals surface area contributed by atoms with Crippen LogP contribution in [0.5, 0.6) is 5.75 Å². The quantitative estimate of drug-likeness (QED) is 0.624. The normalized spacial score (nSPS) is 13.8. The molecule has 5 heteroatoms. The highest BCUT2D eigenvalue weighted by Gasteiger charge is 2.21. The molecule has 2 aromatic rings. The highest BCUT2D eigenvalue weighted by molar-refractivity contribution is 5.67. The lowest BCUT2D eigenvalue weighted by molar-refractivity contribution is 0.374. The van der Waals surface area contributed by atoms with Crippen molar-refractivity contribution in [3.8, 4) is 23.1 Å². The minimum absolute atomic E-state index is 0.0750. The van der Waals surface area contributed by atoms with Crippen LogP contribution in [0.15, 0.2) is 64.5 Å². The molecule has 1 aliphatic rings. The minimum Gasteiger partial charge on any atom is -0.508 e. The number of hydrogen-bond acceptors (Lipinski definition) is 5. The fraction of sp³-hybridized carbons (Fsp3) is 0.333. The number of aromatic hydroxyl groups is 1. The zero-order valence-corrected chi connectivity index (χ0v) is 17.2. The molecule has 0 amide bonds. The third-order valence-electron chi connectivity index (χ3n) is 5.48. The van der Waals surface area contributed by atoms with Gasteiger partial charge >= 0.3 is 0 Å². The smallest absolute Gasteiger partial charge is 0.168 e. The molecular formula is C24H27N3O2. The summed E-state index contributed by atoms with van der Waals surface area (Å²) in [7, 11) is 0. The second-order valence-electron chi connectivity index (χ2n) is 7.44. The lowest BCUT2D eigenvalue weighted by Gasteiger charge is -2.31. The van der Waals surface area contributed by atoms with Crippen molar-refractivity contribution in [2.24, 2.45) is 0 Å². The van der Waals surface area contributed by atoms with Gasteiger partial charge in [-0.15, -0.1) is 0 Å². The largest absolute Gasteiger partial charge is 0.508 e. The van der Waals surface area contributed by atoms with Crippen molar-refractivity contribution >= 4 is 0 Å². The van der Waals surface area contributed by atoms with Crippen LogP contribution in [-0.2, 0) is 6.54 Å². The molecule has 0 radical (unpaired) electrons. The van der Waals surface area contributed by atoms with Crippen LogP contribution in [0.2, 0.25) is 0 Å². The number of allylic oxidation sites excluding steroid dienone is 3. The first-order valence-electron chi connectivity index (χ1n) is 9.96. The van der Waals surface area contributed by atoms with Crippen LogP contribution in [0.25, 0.3) is 11.3 Å². The molecule has 1 aromatic carbocycles. The molecule has 0 bridgehead atoms. The maximum absolute atomic E-state index is 9.79. The van der Waals surface area contributed by atoms with E-state index in [0.717, 1.165) is 36.4 Å². The van der Waals surface area contributed by atoms with Crippen molar-refractivity contribution in [1.82, 2.24) is 10.1 Å². The summed E-state index contributed by atoms with van der Waals surface area (Å²) >= 11 is 0. The van der Waals surface area contributed by atoms with Gasteiger partial charge in [-0.2, -0.15) is 5.26 Å². The first-order valence-corrected chi connectivity index (χ1v) is 9.96. The molecule has 3 rings (SSSR count). The average molecular weight is 389 g/mol. The molecular weight excluding hydrogens is 362 g/mol. The van der Waals surface area contributed by atoms with Crippen LogP contribution in [0.4, 0.5) is 0 Å². The van der Waals surface area contributed by atoms with E-state index in [1.54, 1.807) is 12.1 Å². The van der Waals surface area contributed by atoms with Gasteiger partial charge in [0.25, 0.3) is 0 Å².